The van der Waals surface area contributed by atoms with E-state index in [2.05, 4.69) is 15.3 Å². The van der Waals surface area contributed by atoms with Gasteiger partial charge in [0.05, 0.1) is 5.56 Å². The molecular weight excluding hydrogens is 264 g/mol. The van der Waals surface area contributed by atoms with Gasteiger partial charge < -0.3 is 4.42 Å². The molecule has 19 heavy (non-hydrogen) atoms. The van der Waals surface area contributed by atoms with Crippen molar-refractivity contribution < 1.29 is 4.42 Å². The van der Waals surface area contributed by atoms with Crippen molar-refractivity contribution in [1.29, 1.82) is 0 Å². The molecule has 0 aliphatic heterocycles. The summed E-state index contributed by atoms with van der Waals surface area (Å²) in [4.78, 5) is 0. The lowest BCUT2D eigenvalue weighted by Gasteiger charge is -1.96. The van der Waals surface area contributed by atoms with Crippen molar-refractivity contribution in [3.8, 4) is 11.4 Å². The summed E-state index contributed by atoms with van der Waals surface area (Å²) in [5.74, 6) is 0.613. The van der Waals surface area contributed by atoms with Crippen LogP contribution >= 0.6 is 11.6 Å². The number of hydrogen-bond donors (Lipinski definition) is 0. The Kier molecular flexibility index (Phi) is 2.10. The summed E-state index contributed by atoms with van der Waals surface area (Å²) >= 11 is 5.92. The molecule has 1 aromatic carbocycles. The van der Waals surface area contributed by atoms with E-state index in [1.54, 1.807) is 22.9 Å². The fourth-order valence-electron chi connectivity index (χ4n) is 2.09. The van der Waals surface area contributed by atoms with Crippen LogP contribution in [0.25, 0.3) is 28.0 Å². The standard InChI is InChI=1S/C13H7ClN4O/c14-11-5-6-12-15-16-13(18(12)17-11)9-7-19-10-4-2-1-3-8(9)10/h1-7H. The highest BCUT2D eigenvalue weighted by Crippen LogP contribution is 2.29. The highest BCUT2D eigenvalue weighted by molar-refractivity contribution is 6.29. The van der Waals surface area contributed by atoms with E-state index < -0.39 is 0 Å². The quantitative estimate of drug-likeness (QED) is 0.533. The van der Waals surface area contributed by atoms with Gasteiger partial charge in [-0.2, -0.15) is 9.61 Å². The van der Waals surface area contributed by atoms with Gasteiger partial charge in [-0.1, -0.05) is 29.8 Å². The average Bonchev–Trinajstić information content (AvgIpc) is 3.01. The van der Waals surface area contributed by atoms with Crippen LogP contribution in [-0.2, 0) is 0 Å². The molecular formula is C13H7ClN4O. The van der Waals surface area contributed by atoms with Crippen molar-refractivity contribution in [3.05, 3.63) is 47.8 Å². The summed E-state index contributed by atoms with van der Waals surface area (Å²) in [5.41, 5.74) is 2.29. The Balaban J connectivity index is 2.06. The third-order valence-electron chi connectivity index (χ3n) is 2.95. The molecule has 0 fully saturated rings. The predicted molar refractivity (Wildman–Crippen MR) is 71.0 cm³/mol. The number of rotatable bonds is 1. The van der Waals surface area contributed by atoms with E-state index in [0.717, 1.165) is 16.5 Å². The van der Waals surface area contributed by atoms with Crippen LogP contribution in [0.3, 0.4) is 0 Å². The van der Waals surface area contributed by atoms with Gasteiger partial charge in [-0.15, -0.1) is 10.2 Å². The minimum Gasteiger partial charge on any atom is -0.464 e. The number of hydrogen-bond acceptors (Lipinski definition) is 4. The molecule has 0 aliphatic rings. The van der Waals surface area contributed by atoms with Crippen LogP contribution in [0.1, 0.15) is 0 Å². The number of fused-ring (bicyclic) bond motifs is 2. The molecule has 92 valence electrons. The van der Waals surface area contributed by atoms with Crippen molar-refractivity contribution in [2.75, 3.05) is 0 Å². The Bertz CT molecular complexity index is 896. The first-order chi connectivity index (χ1) is 9.33. The molecule has 0 saturated heterocycles. The number of benzene rings is 1. The van der Waals surface area contributed by atoms with E-state index in [-0.39, 0.29) is 0 Å². The van der Waals surface area contributed by atoms with E-state index in [4.69, 9.17) is 16.0 Å². The Morgan fingerprint density at radius 3 is 2.89 bits per heavy atom. The molecule has 0 atom stereocenters. The zero-order chi connectivity index (χ0) is 12.8. The van der Waals surface area contributed by atoms with E-state index >= 15 is 0 Å². The third kappa shape index (κ3) is 1.52. The number of aromatic nitrogens is 4. The Morgan fingerprint density at radius 1 is 1.05 bits per heavy atom. The molecule has 3 aromatic heterocycles. The summed E-state index contributed by atoms with van der Waals surface area (Å²) in [6, 6.07) is 11.2. The maximum Gasteiger partial charge on any atom is 0.189 e. The summed E-state index contributed by atoms with van der Waals surface area (Å²) in [6.07, 6.45) is 1.66. The second-order valence-corrected chi connectivity index (χ2v) is 4.48. The van der Waals surface area contributed by atoms with Crippen LogP contribution in [0.2, 0.25) is 5.15 Å². The molecule has 4 rings (SSSR count). The van der Waals surface area contributed by atoms with Gasteiger partial charge in [0, 0.05) is 5.39 Å². The molecule has 0 radical (unpaired) electrons. The first-order valence-electron chi connectivity index (χ1n) is 5.67. The molecule has 0 unspecified atom stereocenters. The van der Waals surface area contributed by atoms with Gasteiger partial charge in [0.1, 0.15) is 17.0 Å². The topological polar surface area (TPSA) is 56.2 Å². The first kappa shape index (κ1) is 10.5. The van der Waals surface area contributed by atoms with Gasteiger partial charge in [-0.05, 0) is 18.2 Å². The maximum absolute atomic E-state index is 5.92. The average molecular weight is 271 g/mol. The van der Waals surface area contributed by atoms with Gasteiger partial charge in [0.2, 0.25) is 0 Å². The van der Waals surface area contributed by atoms with Crippen molar-refractivity contribution in [1.82, 2.24) is 19.8 Å². The van der Waals surface area contributed by atoms with Gasteiger partial charge in [0.25, 0.3) is 0 Å². The smallest absolute Gasteiger partial charge is 0.189 e. The summed E-state index contributed by atoms with van der Waals surface area (Å²) in [6.45, 7) is 0. The molecule has 0 N–H and O–H groups in total. The molecule has 0 saturated carbocycles. The molecule has 3 heterocycles. The molecule has 0 amide bonds. The van der Waals surface area contributed by atoms with E-state index in [0.29, 0.717) is 16.6 Å². The zero-order valence-electron chi connectivity index (χ0n) is 9.62. The van der Waals surface area contributed by atoms with Gasteiger partial charge in [-0.3, -0.25) is 0 Å². The van der Waals surface area contributed by atoms with Crippen molar-refractivity contribution >= 4 is 28.2 Å². The van der Waals surface area contributed by atoms with Gasteiger partial charge in [-0.25, -0.2) is 0 Å². The van der Waals surface area contributed by atoms with Crippen molar-refractivity contribution in [2.24, 2.45) is 0 Å². The molecule has 4 aromatic rings. The van der Waals surface area contributed by atoms with E-state index in [1.165, 1.54) is 0 Å². The maximum atomic E-state index is 5.92. The Labute approximate surface area is 112 Å². The second kappa shape index (κ2) is 3.80. The largest absolute Gasteiger partial charge is 0.464 e. The number of furan rings is 1. The van der Waals surface area contributed by atoms with Crippen LogP contribution in [-0.4, -0.2) is 19.8 Å². The fourth-order valence-corrected chi connectivity index (χ4v) is 2.22. The SMILES string of the molecule is Clc1ccc2nnc(-c3coc4ccccc34)n2n1. The highest BCUT2D eigenvalue weighted by Gasteiger charge is 2.14. The minimum atomic E-state index is 0.390. The van der Waals surface area contributed by atoms with Crippen LogP contribution in [0.15, 0.2) is 47.1 Å². The van der Waals surface area contributed by atoms with Crippen molar-refractivity contribution in [2.45, 2.75) is 0 Å². The van der Waals surface area contributed by atoms with Crippen LogP contribution in [0.5, 0.6) is 0 Å². The van der Waals surface area contributed by atoms with Gasteiger partial charge >= 0.3 is 0 Å². The molecule has 0 spiro atoms. The predicted octanol–water partition coefficient (Wildman–Crippen LogP) is 3.19. The number of halogens is 1. The van der Waals surface area contributed by atoms with E-state index in [9.17, 15) is 0 Å². The Hall–Kier alpha value is -2.40. The lowest BCUT2D eigenvalue weighted by atomic mass is 10.2. The summed E-state index contributed by atoms with van der Waals surface area (Å²) < 4.78 is 7.12. The molecule has 0 aliphatic carbocycles. The molecule has 6 heteroatoms. The minimum absolute atomic E-state index is 0.390. The van der Waals surface area contributed by atoms with Crippen LogP contribution in [0, 0.1) is 0 Å². The summed E-state index contributed by atoms with van der Waals surface area (Å²) in [7, 11) is 0. The third-order valence-corrected chi connectivity index (χ3v) is 3.15. The second-order valence-electron chi connectivity index (χ2n) is 4.10. The monoisotopic (exact) mass is 270 g/mol. The lowest BCUT2D eigenvalue weighted by Crippen LogP contribution is -1.94. The fraction of sp³-hybridized carbons (Fsp3) is 0. The van der Waals surface area contributed by atoms with Crippen LogP contribution < -0.4 is 0 Å². The summed E-state index contributed by atoms with van der Waals surface area (Å²) in [5, 5.41) is 13.8. The zero-order valence-corrected chi connectivity index (χ0v) is 10.4. The first-order valence-corrected chi connectivity index (χ1v) is 6.05. The van der Waals surface area contributed by atoms with Crippen molar-refractivity contribution in [3.63, 3.8) is 0 Å². The molecule has 5 nitrogen and oxygen atoms in total. The molecule has 0 bridgehead atoms. The van der Waals surface area contributed by atoms with Gasteiger partial charge in [0.15, 0.2) is 11.5 Å². The normalized spacial score (nSPS) is 11.4. The van der Waals surface area contributed by atoms with E-state index in [1.807, 2.05) is 24.3 Å². The number of para-hydroxylation sites is 1. The van der Waals surface area contributed by atoms with Crippen LogP contribution in [0.4, 0.5) is 0 Å². The number of nitrogens with zero attached hydrogens (tertiary/aromatic N) is 4. The lowest BCUT2D eigenvalue weighted by molar-refractivity contribution is 0.616. The Morgan fingerprint density at radius 2 is 1.95 bits per heavy atom. The highest BCUT2D eigenvalue weighted by atomic mass is 35.5.